The Kier molecular flexibility index (Phi) is 5.56. The predicted molar refractivity (Wildman–Crippen MR) is 93.2 cm³/mol. The highest BCUT2D eigenvalue weighted by Gasteiger charge is 2.30. The topological polar surface area (TPSA) is 66.0 Å². The monoisotopic (exact) mass is 383 g/mol. The third-order valence-corrected chi connectivity index (χ3v) is 5.84. The van der Waals surface area contributed by atoms with Gasteiger partial charge in [0.05, 0.1) is 5.75 Å². The van der Waals surface area contributed by atoms with Gasteiger partial charge in [0.15, 0.2) is 5.37 Å². The van der Waals surface area contributed by atoms with E-state index in [-0.39, 0.29) is 12.0 Å². The van der Waals surface area contributed by atoms with Crippen molar-refractivity contribution in [1.82, 2.24) is 0 Å². The Balaban J connectivity index is 1.69. The van der Waals surface area contributed by atoms with Crippen molar-refractivity contribution < 1.29 is 20.0 Å². The van der Waals surface area contributed by atoms with Gasteiger partial charge in [0.25, 0.3) is 0 Å². The van der Waals surface area contributed by atoms with Crippen molar-refractivity contribution in [2.24, 2.45) is 0 Å². The second kappa shape index (κ2) is 7.66. The number of aliphatic carboxylic acids is 1. The molecule has 0 saturated carbocycles. The van der Waals surface area contributed by atoms with Crippen LogP contribution < -0.4 is 15.2 Å². The molecule has 2 aromatic carbocycles. The Labute approximate surface area is 154 Å². The van der Waals surface area contributed by atoms with Gasteiger partial charge in [-0.15, -0.1) is 0 Å². The zero-order chi connectivity index (χ0) is 17.1. The van der Waals surface area contributed by atoms with Gasteiger partial charge >= 0.3 is 0 Å². The van der Waals surface area contributed by atoms with E-state index in [1.54, 1.807) is 30.0 Å². The third-order valence-electron chi connectivity index (χ3n) is 3.80. The number of thioether (sulfide) groups is 1. The van der Waals surface area contributed by atoms with Crippen LogP contribution in [0.2, 0.25) is 10.0 Å². The SMILES string of the molecule is O=C([O-])[C@H]1CS[C@@H](c2cccc(OCc3c(Cl)cccc3Cl)c2)[NH2+]1. The molecule has 1 heterocycles. The van der Waals surface area contributed by atoms with Crippen molar-refractivity contribution in [3.63, 3.8) is 0 Å². The van der Waals surface area contributed by atoms with Crippen molar-refractivity contribution in [3.8, 4) is 5.75 Å². The van der Waals surface area contributed by atoms with Gasteiger partial charge in [-0.1, -0.05) is 53.2 Å². The van der Waals surface area contributed by atoms with Crippen LogP contribution in [-0.4, -0.2) is 17.8 Å². The molecule has 0 amide bonds. The maximum atomic E-state index is 11.0. The van der Waals surface area contributed by atoms with Crippen molar-refractivity contribution in [2.45, 2.75) is 18.0 Å². The molecule has 1 fully saturated rings. The normalized spacial score (nSPS) is 20.1. The molecule has 0 radical (unpaired) electrons. The molecule has 0 aliphatic carbocycles. The number of hydrogen-bond donors (Lipinski definition) is 1. The van der Waals surface area contributed by atoms with Gasteiger partial charge in [-0.05, 0) is 24.3 Å². The highest BCUT2D eigenvalue weighted by Crippen LogP contribution is 2.30. The Bertz CT molecular complexity index is 736. The highest BCUT2D eigenvalue weighted by atomic mass is 35.5. The van der Waals surface area contributed by atoms with Gasteiger partial charge in [0.2, 0.25) is 0 Å². The number of quaternary nitrogens is 1. The van der Waals surface area contributed by atoms with Crippen LogP contribution in [0.1, 0.15) is 16.5 Å². The first-order chi connectivity index (χ1) is 11.5. The number of rotatable bonds is 5. The van der Waals surface area contributed by atoms with E-state index in [0.29, 0.717) is 21.5 Å². The van der Waals surface area contributed by atoms with E-state index < -0.39 is 12.0 Å². The Morgan fingerprint density at radius 1 is 1.25 bits per heavy atom. The van der Waals surface area contributed by atoms with E-state index >= 15 is 0 Å². The second-order valence-electron chi connectivity index (χ2n) is 5.43. The first-order valence-electron chi connectivity index (χ1n) is 7.37. The van der Waals surface area contributed by atoms with Crippen LogP contribution in [0.25, 0.3) is 0 Å². The number of carbonyl (C=O) groups excluding carboxylic acids is 1. The minimum absolute atomic E-state index is 0.0281. The number of ether oxygens (including phenoxy) is 1. The zero-order valence-electron chi connectivity index (χ0n) is 12.6. The Morgan fingerprint density at radius 2 is 1.96 bits per heavy atom. The summed E-state index contributed by atoms with van der Waals surface area (Å²) >= 11 is 13.9. The molecule has 2 atom stereocenters. The Morgan fingerprint density at radius 3 is 2.62 bits per heavy atom. The summed E-state index contributed by atoms with van der Waals surface area (Å²) in [5.74, 6) is 0.202. The van der Waals surface area contributed by atoms with Crippen molar-refractivity contribution >= 4 is 40.9 Å². The number of hydrogen-bond acceptors (Lipinski definition) is 4. The summed E-state index contributed by atoms with van der Waals surface area (Å²) in [6, 6.07) is 12.4. The first-order valence-corrected chi connectivity index (χ1v) is 9.18. The standard InChI is InChI=1S/C17H15Cl2NO3S/c18-13-5-2-6-14(19)12(13)8-23-11-4-1-3-10(7-11)16-20-15(9-24-16)17(21)22/h1-7,15-16,20H,8-9H2,(H,21,22)/t15-,16+/m1/s1. The molecule has 2 aromatic rings. The number of nitrogens with two attached hydrogens (primary N) is 1. The van der Waals surface area contributed by atoms with Crippen LogP contribution in [0.4, 0.5) is 0 Å². The second-order valence-corrected chi connectivity index (χ2v) is 7.42. The van der Waals surface area contributed by atoms with Crippen LogP contribution in [0, 0.1) is 0 Å². The van der Waals surface area contributed by atoms with Crippen molar-refractivity contribution in [1.29, 1.82) is 0 Å². The molecule has 7 heteroatoms. The summed E-state index contributed by atoms with van der Waals surface area (Å²) in [5, 5.41) is 13.9. The summed E-state index contributed by atoms with van der Waals surface area (Å²) in [7, 11) is 0. The number of halogens is 2. The number of carboxylic acid groups (broad SMARTS) is 1. The van der Waals surface area contributed by atoms with E-state index in [1.807, 2.05) is 29.6 Å². The van der Waals surface area contributed by atoms with E-state index in [9.17, 15) is 9.90 Å². The smallest absolute Gasteiger partial charge is 0.159 e. The fourth-order valence-corrected chi connectivity index (χ4v) is 4.30. The average Bonchev–Trinajstić information content (AvgIpc) is 3.05. The lowest BCUT2D eigenvalue weighted by Gasteiger charge is -2.13. The molecule has 0 aromatic heterocycles. The van der Waals surface area contributed by atoms with Gasteiger partial charge in [-0.2, -0.15) is 0 Å². The average molecular weight is 384 g/mol. The largest absolute Gasteiger partial charge is 0.544 e. The molecular formula is C17H15Cl2NO3S. The minimum atomic E-state index is -1.02. The molecule has 24 heavy (non-hydrogen) atoms. The molecule has 1 saturated heterocycles. The molecule has 1 aliphatic rings. The number of benzene rings is 2. The molecule has 126 valence electrons. The molecule has 0 unspecified atom stereocenters. The van der Waals surface area contributed by atoms with Crippen LogP contribution in [0.5, 0.6) is 5.75 Å². The van der Waals surface area contributed by atoms with Gasteiger partial charge in [-0.3, -0.25) is 0 Å². The van der Waals surface area contributed by atoms with Crippen LogP contribution in [-0.2, 0) is 11.4 Å². The Hall–Kier alpha value is -1.40. The van der Waals surface area contributed by atoms with Gasteiger partial charge in [0.1, 0.15) is 24.4 Å². The van der Waals surface area contributed by atoms with E-state index in [1.165, 1.54) is 0 Å². The van der Waals surface area contributed by atoms with Crippen LogP contribution in [0.3, 0.4) is 0 Å². The summed E-state index contributed by atoms with van der Waals surface area (Å²) in [6.07, 6.45) is 0. The molecule has 1 aliphatic heterocycles. The van der Waals surface area contributed by atoms with Crippen molar-refractivity contribution in [2.75, 3.05) is 5.75 Å². The number of carbonyl (C=O) groups is 1. The van der Waals surface area contributed by atoms with Gasteiger partial charge in [0, 0.05) is 21.2 Å². The van der Waals surface area contributed by atoms with Crippen LogP contribution in [0.15, 0.2) is 42.5 Å². The summed E-state index contributed by atoms with van der Waals surface area (Å²) in [4.78, 5) is 11.0. The highest BCUT2D eigenvalue weighted by molar-refractivity contribution is 7.99. The third kappa shape index (κ3) is 3.98. The summed E-state index contributed by atoms with van der Waals surface area (Å²) in [5.41, 5.74) is 1.75. The molecular weight excluding hydrogens is 369 g/mol. The molecule has 4 nitrogen and oxygen atoms in total. The number of carboxylic acids is 1. The molecule has 0 spiro atoms. The van der Waals surface area contributed by atoms with E-state index in [2.05, 4.69) is 0 Å². The lowest BCUT2D eigenvalue weighted by atomic mass is 10.2. The minimum Gasteiger partial charge on any atom is -0.544 e. The fraction of sp³-hybridized carbons (Fsp3) is 0.235. The van der Waals surface area contributed by atoms with E-state index in [0.717, 1.165) is 11.1 Å². The molecule has 0 bridgehead atoms. The lowest BCUT2D eigenvalue weighted by molar-refractivity contribution is -0.690. The van der Waals surface area contributed by atoms with Gasteiger partial charge < -0.3 is 20.0 Å². The van der Waals surface area contributed by atoms with Gasteiger partial charge in [-0.25, -0.2) is 0 Å². The fourth-order valence-electron chi connectivity index (χ4n) is 2.49. The first kappa shape index (κ1) is 17.4. The summed E-state index contributed by atoms with van der Waals surface area (Å²) in [6.45, 7) is 0.269. The maximum Gasteiger partial charge on any atom is 0.159 e. The van der Waals surface area contributed by atoms with Crippen molar-refractivity contribution in [3.05, 3.63) is 63.6 Å². The van der Waals surface area contributed by atoms with Crippen LogP contribution >= 0.6 is 35.0 Å². The van der Waals surface area contributed by atoms with E-state index in [4.69, 9.17) is 27.9 Å². The summed E-state index contributed by atoms with van der Waals surface area (Å²) < 4.78 is 5.81. The molecule has 2 N–H and O–H groups in total. The predicted octanol–water partition coefficient (Wildman–Crippen LogP) is 2.00. The molecule has 3 rings (SSSR count). The lowest BCUT2D eigenvalue weighted by Crippen LogP contribution is -2.90. The quantitative estimate of drug-likeness (QED) is 0.857. The zero-order valence-corrected chi connectivity index (χ0v) is 14.9. The maximum absolute atomic E-state index is 11.0.